The van der Waals surface area contributed by atoms with Crippen molar-refractivity contribution in [3.05, 3.63) is 30.3 Å². The normalized spacial score (nSPS) is 11.5. The van der Waals surface area contributed by atoms with Crippen molar-refractivity contribution >= 4 is 41.7 Å². The third-order valence-corrected chi connectivity index (χ3v) is 4.76. The Morgan fingerprint density at radius 1 is 1.12 bits per heavy atom. The van der Waals surface area contributed by atoms with Gasteiger partial charge in [-0.3, -0.25) is 4.99 Å². The van der Waals surface area contributed by atoms with Crippen LogP contribution in [-0.4, -0.2) is 56.4 Å². The lowest BCUT2D eigenvalue weighted by molar-refractivity contribution is 0.268. The minimum absolute atomic E-state index is 0. The Hall–Kier alpha value is -0.470. The molecule has 0 aromatic heterocycles. The quantitative estimate of drug-likeness (QED) is 0.182. The predicted octanol–water partition coefficient (Wildman–Crippen LogP) is 3.68. The zero-order valence-corrected chi connectivity index (χ0v) is 18.6. The van der Waals surface area contributed by atoms with Gasteiger partial charge in [0.2, 0.25) is 0 Å². The minimum atomic E-state index is 0. The third-order valence-electron chi connectivity index (χ3n) is 3.74. The van der Waals surface area contributed by atoms with Crippen LogP contribution in [0.25, 0.3) is 0 Å². The van der Waals surface area contributed by atoms with E-state index in [1.165, 1.54) is 11.3 Å². The van der Waals surface area contributed by atoms with Gasteiger partial charge in [0, 0.05) is 36.8 Å². The van der Waals surface area contributed by atoms with E-state index < -0.39 is 0 Å². The molecule has 0 saturated heterocycles. The summed E-state index contributed by atoms with van der Waals surface area (Å²) in [4.78, 5) is 7.96. The number of hydrogen-bond acceptors (Lipinski definition) is 3. The minimum Gasteiger partial charge on any atom is -0.356 e. The Morgan fingerprint density at radius 3 is 2.42 bits per heavy atom. The van der Waals surface area contributed by atoms with Gasteiger partial charge in [0.1, 0.15) is 0 Å². The van der Waals surface area contributed by atoms with Crippen LogP contribution in [0.4, 0.5) is 0 Å². The smallest absolute Gasteiger partial charge is 0.191 e. The Labute approximate surface area is 169 Å². The van der Waals surface area contributed by atoms with Crippen LogP contribution in [0.1, 0.15) is 26.7 Å². The Kier molecular flexibility index (Phi) is 14.5. The standard InChI is InChI=1S/C18H32N4S.HI/c1-16(2)22(4)14-9-8-12-20-18(19-3)21-13-15-23-17-10-6-5-7-11-17;/h5-7,10-11,16H,8-9,12-15H2,1-4H3,(H2,19,20,21);1H. The van der Waals surface area contributed by atoms with Crippen LogP contribution in [0.3, 0.4) is 0 Å². The first kappa shape index (κ1) is 23.5. The molecule has 0 spiro atoms. The van der Waals surface area contributed by atoms with E-state index in [1.54, 1.807) is 0 Å². The number of unbranched alkanes of at least 4 members (excludes halogenated alkanes) is 1. The molecule has 1 aromatic carbocycles. The summed E-state index contributed by atoms with van der Waals surface area (Å²) in [5, 5.41) is 6.75. The zero-order valence-electron chi connectivity index (χ0n) is 15.4. The van der Waals surface area contributed by atoms with Crippen molar-refractivity contribution in [1.29, 1.82) is 0 Å². The fourth-order valence-electron chi connectivity index (χ4n) is 2.03. The molecule has 24 heavy (non-hydrogen) atoms. The fourth-order valence-corrected chi connectivity index (χ4v) is 2.82. The second-order valence-corrected chi connectivity index (χ2v) is 7.04. The molecular weight excluding hydrogens is 431 g/mol. The Morgan fingerprint density at radius 2 is 1.79 bits per heavy atom. The molecule has 1 rings (SSSR count). The van der Waals surface area contributed by atoms with Crippen molar-refractivity contribution in [3.8, 4) is 0 Å². The third kappa shape index (κ3) is 11.1. The van der Waals surface area contributed by atoms with Crippen molar-refractivity contribution in [1.82, 2.24) is 15.5 Å². The van der Waals surface area contributed by atoms with Gasteiger partial charge in [-0.25, -0.2) is 0 Å². The largest absolute Gasteiger partial charge is 0.356 e. The van der Waals surface area contributed by atoms with Crippen LogP contribution in [0.15, 0.2) is 40.2 Å². The highest BCUT2D eigenvalue weighted by Crippen LogP contribution is 2.15. The summed E-state index contributed by atoms with van der Waals surface area (Å²) in [5.41, 5.74) is 0. The maximum Gasteiger partial charge on any atom is 0.191 e. The van der Waals surface area contributed by atoms with Crippen molar-refractivity contribution in [2.24, 2.45) is 4.99 Å². The molecule has 0 aliphatic carbocycles. The van der Waals surface area contributed by atoms with Gasteiger partial charge in [0.15, 0.2) is 5.96 Å². The van der Waals surface area contributed by atoms with Crippen LogP contribution in [0.5, 0.6) is 0 Å². The Bertz CT molecular complexity index is 440. The van der Waals surface area contributed by atoms with E-state index in [9.17, 15) is 0 Å². The number of rotatable bonds is 10. The maximum atomic E-state index is 4.27. The molecule has 0 fully saturated rings. The van der Waals surface area contributed by atoms with E-state index in [0.29, 0.717) is 6.04 Å². The van der Waals surface area contributed by atoms with Crippen LogP contribution < -0.4 is 10.6 Å². The van der Waals surface area contributed by atoms with E-state index in [0.717, 1.165) is 37.8 Å². The first-order valence-electron chi connectivity index (χ1n) is 8.46. The molecule has 0 heterocycles. The molecule has 0 aliphatic rings. The zero-order chi connectivity index (χ0) is 16.9. The average molecular weight is 464 g/mol. The van der Waals surface area contributed by atoms with Gasteiger partial charge >= 0.3 is 0 Å². The van der Waals surface area contributed by atoms with Gasteiger partial charge in [0.25, 0.3) is 0 Å². The summed E-state index contributed by atoms with van der Waals surface area (Å²) >= 11 is 1.86. The van der Waals surface area contributed by atoms with Crippen molar-refractivity contribution < 1.29 is 0 Å². The van der Waals surface area contributed by atoms with Gasteiger partial charge in [-0.1, -0.05) is 18.2 Å². The topological polar surface area (TPSA) is 39.7 Å². The summed E-state index contributed by atoms with van der Waals surface area (Å²) in [5.74, 6) is 1.93. The first-order chi connectivity index (χ1) is 11.1. The van der Waals surface area contributed by atoms with Gasteiger partial charge in [-0.2, -0.15) is 0 Å². The number of benzene rings is 1. The fraction of sp³-hybridized carbons (Fsp3) is 0.611. The van der Waals surface area contributed by atoms with Crippen LogP contribution in [-0.2, 0) is 0 Å². The SMILES string of the molecule is CN=C(NCCCCN(C)C(C)C)NCCSc1ccccc1.I. The van der Waals surface area contributed by atoms with Crippen molar-refractivity contribution in [3.63, 3.8) is 0 Å². The molecule has 0 amide bonds. The second kappa shape index (κ2) is 14.8. The van der Waals surface area contributed by atoms with E-state index in [2.05, 4.69) is 65.7 Å². The summed E-state index contributed by atoms with van der Waals surface area (Å²) < 4.78 is 0. The maximum absolute atomic E-state index is 4.27. The monoisotopic (exact) mass is 464 g/mol. The van der Waals surface area contributed by atoms with Gasteiger partial charge in [-0.15, -0.1) is 35.7 Å². The summed E-state index contributed by atoms with van der Waals surface area (Å²) in [6, 6.07) is 11.1. The number of halogens is 1. The highest BCUT2D eigenvalue weighted by Gasteiger charge is 2.02. The molecule has 138 valence electrons. The Balaban J connectivity index is 0.00000529. The van der Waals surface area contributed by atoms with Crippen LogP contribution in [0.2, 0.25) is 0 Å². The molecular formula is C18H33IN4S. The summed E-state index contributed by atoms with van der Waals surface area (Å²) in [6.07, 6.45) is 2.37. The van der Waals surface area contributed by atoms with Gasteiger partial charge in [-0.05, 0) is 52.4 Å². The molecule has 0 atom stereocenters. The van der Waals surface area contributed by atoms with E-state index in [1.807, 2.05) is 24.9 Å². The number of aliphatic imine (C=N–C) groups is 1. The molecule has 6 heteroatoms. The molecule has 0 radical (unpaired) electrons. The number of hydrogen-bond donors (Lipinski definition) is 2. The molecule has 0 aliphatic heterocycles. The summed E-state index contributed by atoms with van der Waals surface area (Å²) in [7, 11) is 4.01. The average Bonchev–Trinajstić information content (AvgIpc) is 2.57. The van der Waals surface area contributed by atoms with E-state index in [-0.39, 0.29) is 24.0 Å². The van der Waals surface area contributed by atoms with Crippen molar-refractivity contribution in [2.75, 3.05) is 39.5 Å². The van der Waals surface area contributed by atoms with E-state index in [4.69, 9.17) is 0 Å². The molecule has 0 saturated carbocycles. The molecule has 0 bridgehead atoms. The molecule has 4 nitrogen and oxygen atoms in total. The molecule has 2 N–H and O–H groups in total. The summed E-state index contributed by atoms with van der Waals surface area (Å²) in [6.45, 7) is 7.50. The number of nitrogens with one attached hydrogen (secondary N) is 2. The van der Waals surface area contributed by atoms with Crippen LogP contribution in [0, 0.1) is 0 Å². The van der Waals surface area contributed by atoms with E-state index >= 15 is 0 Å². The highest BCUT2D eigenvalue weighted by molar-refractivity contribution is 14.0. The first-order valence-corrected chi connectivity index (χ1v) is 9.44. The molecule has 1 aromatic rings. The number of nitrogens with zero attached hydrogens (tertiary/aromatic N) is 2. The number of thioether (sulfide) groups is 1. The van der Waals surface area contributed by atoms with Crippen LogP contribution >= 0.6 is 35.7 Å². The lowest BCUT2D eigenvalue weighted by atomic mass is 10.2. The molecule has 0 unspecified atom stereocenters. The van der Waals surface area contributed by atoms with Gasteiger partial charge in [0.05, 0.1) is 0 Å². The number of guanidine groups is 1. The predicted molar refractivity (Wildman–Crippen MR) is 119 cm³/mol. The second-order valence-electron chi connectivity index (χ2n) is 5.87. The lowest BCUT2D eigenvalue weighted by Gasteiger charge is -2.20. The van der Waals surface area contributed by atoms with Crippen molar-refractivity contribution in [2.45, 2.75) is 37.6 Å². The lowest BCUT2D eigenvalue weighted by Crippen LogP contribution is -2.39. The highest BCUT2D eigenvalue weighted by atomic mass is 127. The van der Waals surface area contributed by atoms with Gasteiger partial charge < -0.3 is 15.5 Å².